The highest BCUT2D eigenvalue weighted by molar-refractivity contribution is 5.83. The molecule has 2 amide bonds. The maximum atomic E-state index is 11.9. The molecule has 0 heterocycles. The Balaban J connectivity index is 2.00. The molecule has 1 aromatic carbocycles. The van der Waals surface area contributed by atoms with Crippen LogP contribution >= 0.6 is 0 Å². The minimum Gasteiger partial charge on any atom is -0.480 e. The van der Waals surface area contributed by atoms with Crippen molar-refractivity contribution in [3.8, 4) is 0 Å². The Labute approximate surface area is 117 Å². The molecule has 0 aromatic heterocycles. The van der Waals surface area contributed by atoms with Gasteiger partial charge in [0.25, 0.3) is 0 Å². The molecule has 1 aliphatic rings. The van der Waals surface area contributed by atoms with Gasteiger partial charge in [0, 0.05) is 5.69 Å². The summed E-state index contributed by atoms with van der Waals surface area (Å²) < 4.78 is 0. The van der Waals surface area contributed by atoms with Crippen LogP contribution in [-0.2, 0) is 10.3 Å². The Hall–Kier alpha value is -2.24. The molecule has 1 unspecified atom stereocenters. The van der Waals surface area contributed by atoms with Gasteiger partial charge in [0.05, 0.1) is 5.54 Å². The summed E-state index contributed by atoms with van der Waals surface area (Å²) in [6, 6.07) is 6.04. The fraction of sp³-hybridized carbons (Fsp3) is 0.429. The third kappa shape index (κ3) is 3.01. The molecule has 1 atom stereocenters. The smallest absolute Gasteiger partial charge is 0.326 e. The molecule has 0 bridgehead atoms. The van der Waals surface area contributed by atoms with E-state index in [4.69, 9.17) is 10.8 Å². The van der Waals surface area contributed by atoms with Crippen LogP contribution in [0.1, 0.15) is 31.7 Å². The zero-order valence-electron chi connectivity index (χ0n) is 11.3. The van der Waals surface area contributed by atoms with Crippen molar-refractivity contribution in [3.63, 3.8) is 0 Å². The van der Waals surface area contributed by atoms with Crippen molar-refractivity contribution < 1.29 is 14.7 Å². The van der Waals surface area contributed by atoms with Crippen LogP contribution in [0.25, 0.3) is 0 Å². The third-order valence-corrected chi connectivity index (χ3v) is 3.58. The molecule has 6 heteroatoms. The largest absolute Gasteiger partial charge is 0.480 e. The summed E-state index contributed by atoms with van der Waals surface area (Å²) in [4.78, 5) is 22.8. The number of carbonyl (C=O) groups is 2. The summed E-state index contributed by atoms with van der Waals surface area (Å²) in [7, 11) is 0. The third-order valence-electron chi connectivity index (χ3n) is 3.58. The van der Waals surface area contributed by atoms with Gasteiger partial charge in [-0.05, 0) is 37.0 Å². The first-order valence-corrected chi connectivity index (χ1v) is 6.64. The van der Waals surface area contributed by atoms with Crippen molar-refractivity contribution in [2.24, 2.45) is 0 Å². The van der Waals surface area contributed by atoms with E-state index in [0.29, 0.717) is 12.1 Å². The summed E-state index contributed by atoms with van der Waals surface area (Å²) >= 11 is 0. The first-order valence-electron chi connectivity index (χ1n) is 6.64. The van der Waals surface area contributed by atoms with Gasteiger partial charge in [-0.25, -0.2) is 9.59 Å². The summed E-state index contributed by atoms with van der Waals surface area (Å²) in [6.07, 6.45) is 2.03. The van der Waals surface area contributed by atoms with Gasteiger partial charge < -0.3 is 21.5 Å². The van der Waals surface area contributed by atoms with E-state index in [0.717, 1.165) is 18.4 Å². The molecule has 20 heavy (non-hydrogen) atoms. The monoisotopic (exact) mass is 277 g/mol. The number of nitrogen functional groups attached to an aromatic ring is 1. The van der Waals surface area contributed by atoms with Crippen LogP contribution in [0.5, 0.6) is 0 Å². The van der Waals surface area contributed by atoms with E-state index in [-0.39, 0.29) is 5.54 Å². The lowest BCUT2D eigenvalue weighted by molar-refractivity contribution is -0.139. The fourth-order valence-corrected chi connectivity index (χ4v) is 2.16. The van der Waals surface area contributed by atoms with Gasteiger partial charge in [-0.1, -0.05) is 19.1 Å². The van der Waals surface area contributed by atoms with Crippen molar-refractivity contribution in [2.75, 3.05) is 5.73 Å². The highest BCUT2D eigenvalue weighted by Gasteiger charge is 2.45. The van der Waals surface area contributed by atoms with Crippen LogP contribution in [0.15, 0.2) is 24.3 Å². The van der Waals surface area contributed by atoms with Gasteiger partial charge in [-0.3, -0.25) is 0 Å². The van der Waals surface area contributed by atoms with E-state index in [1.165, 1.54) is 0 Å². The Bertz CT molecular complexity index is 509. The molecule has 0 saturated heterocycles. The molecule has 5 N–H and O–H groups in total. The fourth-order valence-electron chi connectivity index (χ4n) is 2.16. The summed E-state index contributed by atoms with van der Waals surface area (Å²) in [5, 5.41) is 14.3. The first-order chi connectivity index (χ1) is 9.47. The number of hydrogen-bond acceptors (Lipinski definition) is 3. The van der Waals surface area contributed by atoms with Crippen molar-refractivity contribution >= 4 is 17.7 Å². The molecule has 108 valence electrons. The van der Waals surface area contributed by atoms with Crippen molar-refractivity contribution in [1.82, 2.24) is 10.6 Å². The molecule has 6 nitrogen and oxygen atoms in total. The van der Waals surface area contributed by atoms with E-state index in [1.807, 2.05) is 12.1 Å². The number of nitrogens with one attached hydrogen (secondary N) is 2. The predicted molar refractivity (Wildman–Crippen MR) is 75.1 cm³/mol. The normalized spacial score (nSPS) is 17.1. The zero-order chi connectivity index (χ0) is 14.8. The quantitative estimate of drug-likeness (QED) is 0.611. The van der Waals surface area contributed by atoms with Crippen LogP contribution in [-0.4, -0.2) is 23.1 Å². The molecule has 1 fully saturated rings. The van der Waals surface area contributed by atoms with Gasteiger partial charge >= 0.3 is 12.0 Å². The lowest BCUT2D eigenvalue weighted by Gasteiger charge is -2.20. The predicted octanol–water partition coefficient (Wildman–Crippen LogP) is 1.42. The molecule has 0 radical (unpaired) electrons. The maximum absolute atomic E-state index is 11.9. The number of carboxylic acid groups (broad SMARTS) is 1. The average molecular weight is 277 g/mol. The molecule has 1 aromatic rings. The number of aliphatic carboxylic acids is 1. The van der Waals surface area contributed by atoms with E-state index in [9.17, 15) is 9.59 Å². The molecule has 1 saturated carbocycles. The molecular formula is C14H19N3O3. The van der Waals surface area contributed by atoms with Crippen molar-refractivity contribution in [2.45, 2.75) is 37.8 Å². The van der Waals surface area contributed by atoms with E-state index >= 15 is 0 Å². The minimum absolute atomic E-state index is 0.345. The number of hydrogen-bond donors (Lipinski definition) is 4. The van der Waals surface area contributed by atoms with E-state index < -0.39 is 18.0 Å². The second-order valence-electron chi connectivity index (χ2n) is 5.10. The molecule has 2 rings (SSSR count). The second kappa shape index (κ2) is 5.40. The van der Waals surface area contributed by atoms with Crippen molar-refractivity contribution in [1.29, 1.82) is 0 Å². The molecular weight excluding hydrogens is 258 g/mol. The van der Waals surface area contributed by atoms with Gasteiger partial charge in [0.2, 0.25) is 0 Å². The highest BCUT2D eigenvalue weighted by Crippen LogP contribution is 2.45. The number of benzene rings is 1. The zero-order valence-corrected chi connectivity index (χ0v) is 11.3. The van der Waals surface area contributed by atoms with Gasteiger partial charge in [0.15, 0.2) is 0 Å². The highest BCUT2D eigenvalue weighted by atomic mass is 16.4. The van der Waals surface area contributed by atoms with Crippen molar-refractivity contribution in [3.05, 3.63) is 29.8 Å². The standard InChI is InChI=1S/C14H19N3O3/c1-2-11(12(18)19)16-13(20)17-14(7-8-14)9-3-5-10(15)6-4-9/h3-6,11H,2,7-8,15H2,1H3,(H,18,19)(H2,16,17,20). The van der Waals surface area contributed by atoms with Gasteiger partial charge in [-0.15, -0.1) is 0 Å². The average Bonchev–Trinajstić information content (AvgIpc) is 3.17. The molecule has 0 aliphatic heterocycles. The van der Waals surface area contributed by atoms with Crippen LogP contribution < -0.4 is 16.4 Å². The number of carboxylic acids is 1. The lowest BCUT2D eigenvalue weighted by atomic mass is 10.0. The number of anilines is 1. The SMILES string of the molecule is CCC(NC(=O)NC1(c2ccc(N)cc2)CC1)C(=O)O. The molecule has 1 aliphatic carbocycles. The van der Waals surface area contributed by atoms with Crippen LogP contribution in [0, 0.1) is 0 Å². The number of amides is 2. The van der Waals surface area contributed by atoms with Crippen LogP contribution in [0.4, 0.5) is 10.5 Å². The van der Waals surface area contributed by atoms with Gasteiger partial charge in [0.1, 0.15) is 6.04 Å². The summed E-state index contributed by atoms with van der Waals surface area (Å²) in [5.41, 5.74) is 6.93. The van der Waals surface area contributed by atoms with Gasteiger partial charge in [-0.2, -0.15) is 0 Å². The topological polar surface area (TPSA) is 104 Å². The Morgan fingerprint density at radius 1 is 1.35 bits per heavy atom. The minimum atomic E-state index is -1.03. The number of nitrogens with two attached hydrogens (primary N) is 1. The summed E-state index contributed by atoms with van der Waals surface area (Å²) in [6.45, 7) is 1.71. The number of carbonyl (C=O) groups excluding carboxylic acids is 1. The van der Waals surface area contributed by atoms with E-state index in [2.05, 4.69) is 10.6 Å². The Morgan fingerprint density at radius 2 is 1.95 bits per heavy atom. The lowest BCUT2D eigenvalue weighted by Crippen LogP contribution is -2.48. The Morgan fingerprint density at radius 3 is 2.40 bits per heavy atom. The number of urea groups is 1. The molecule has 0 spiro atoms. The van der Waals surface area contributed by atoms with Crippen LogP contribution in [0.3, 0.4) is 0 Å². The van der Waals surface area contributed by atoms with Crippen LogP contribution in [0.2, 0.25) is 0 Å². The van der Waals surface area contributed by atoms with E-state index in [1.54, 1.807) is 19.1 Å². The number of rotatable bonds is 5. The first kappa shape index (κ1) is 14.2. The maximum Gasteiger partial charge on any atom is 0.326 e. The second-order valence-corrected chi connectivity index (χ2v) is 5.10. The summed E-state index contributed by atoms with van der Waals surface area (Å²) in [5.74, 6) is -1.03. The Kier molecular flexibility index (Phi) is 3.83.